The van der Waals surface area contributed by atoms with Crippen LogP contribution in [0, 0.1) is 19.8 Å². The minimum absolute atomic E-state index is 0.0417. The Morgan fingerprint density at radius 1 is 1.28 bits per heavy atom. The van der Waals surface area contributed by atoms with E-state index in [2.05, 4.69) is 21.3 Å². The number of rotatable bonds is 5. The molecular weight excluding hydrogens is 316 g/mol. The second kappa shape index (κ2) is 7.59. The zero-order valence-electron chi connectivity index (χ0n) is 15.0. The summed E-state index contributed by atoms with van der Waals surface area (Å²) >= 11 is 0. The van der Waals surface area contributed by atoms with Crippen molar-refractivity contribution in [1.29, 1.82) is 0 Å². The Hall–Kier alpha value is -2.50. The topological polar surface area (TPSA) is 80.8 Å². The molecule has 6 nitrogen and oxygen atoms in total. The van der Waals surface area contributed by atoms with E-state index in [0.717, 1.165) is 47.0 Å². The van der Waals surface area contributed by atoms with E-state index in [1.807, 2.05) is 32.9 Å². The molecule has 1 atom stereocenters. The van der Waals surface area contributed by atoms with Gasteiger partial charge in [-0.3, -0.25) is 9.89 Å². The molecule has 2 aromatic rings. The minimum Gasteiger partial charge on any atom is -0.466 e. The van der Waals surface area contributed by atoms with Crippen molar-refractivity contribution in [3.63, 3.8) is 0 Å². The number of nitrogens with one attached hydrogen (secondary N) is 1. The molecule has 1 N–H and O–H groups in total. The SMILES string of the molecule is CCOC(=O)C1CC=C(c2nc(C)cc(Cc3cc(C)[nH]n3)n2)CC1. The second-order valence-electron chi connectivity index (χ2n) is 6.50. The lowest BCUT2D eigenvalue weighted by atomic mass is 9.89. The van der Waals surface area contributed by atoms with E-state index >= 15 is 0 Å². The Kier molecular flexibility index (Phi) is 5.26. The summed E-state index contributed by atoms with van der Waals surface area (Å²) < 4.78 is 5.12. The van der Waals surface area contributed by atoms with Crippen molar-refractivity contribution in [2.45, 2.75) is 46.5 Å². The number of carbonyl (C=O) groups excluding carboxylic acids is 1. The molecular formula is C19H24N4O2. The molecule has 0 fully saturated rings. The number of H-pyrrole nitrogens is 1. The van der Waals surface area contributed by atoms with E-state index in [4.69, 9.17) is 9.72 Å². The van der Waals surface area contributed by atoms with E-state index in [9.17, 15) is 4.79 Å². The molecule has 0 saturated carbocycles. The van der Waals surface area contributed by atoms with Crippen molar-refractivity contribution in [3.8, 4) is 0 Å². The number of esters is 1. The first kappa shape index (κ1) is 17.3. The first-order valence-electron chi connectivity index (χ1n) is 8.76. The molecule has 0 aromatic carbocycles. The fourth-order valence-electron chi connectivity index (χ4n) is 3.13. The lowest BCUT2D eigenvalue weighted by molar-refractivity contribution is -0.148. The van der Waals surface area contributed by atoms with Crippen LogP contribution in [0.5, 0.6) is 0 Å². The first-order valence-corrected chi connectivity index (χ1v) is 8.76. The highest BCUT2D eigenvalue weighted by Crippen LogP contribution is 2.29. The Morgan fingerprint density at radius 3 is 2.76 bits per heavy atom. The normalized spacial score (nSPS) is 17.2. The van der Waals surface area contributed by atoms with Crippen LogP contribution in [-0.2, 0) is 16.0 Å². The number of ether oxygens (including phenoxy) is 1. The fourth-order valence-corrected chi connectivity index (χ4v) is 3.13. The average Bonchev–Trinajstić information content (AvgIpc) is 2.99. The van der Waals surface area contributed by atoms with Crippen LogP contribution in [0.2, 0.25) is 0 Å². The summed E-state index contributed by atoms with van der Waals surface area (Å²) in [7, 11) is 0. The predicted octanol–water partition coefficient (Wildman–Crippen LogP) is 3.15. The predicted molar refractivity (Wildman–Crippen MR) is 94.9 cm³/mol. The van der Waals surface area contributed by atoms with Gasteiger partial charge in [-0.25, -0.2) is 9.97 Å². The van der Waals surface area contributed by atoms with Gasteiger partial charge in [0.25, 0.3) is 0 Å². The molecule has 0 amide bonds. The first-order chi connectivity index (χ1) is 12.0. The van der Waals surface area contributed by atoms with Crippen molar-refractivity contribution in [2.24, 2.45) is 5.92 Å². The molecule has 25 heavy (non-hydrogen) atoms. The lowest BCUT2D eigenvalue weighted by Crippen LogP contribution is -2.20. The van der Waals surface area contributed by atoms with Gasteiger partial charge in [-0.15, -0.1) is 0 Å². The number of aromatic amines is 1. The zero-order chi connectivity index (χ0) is 17.8. The van der Waals surface area contributed by atoms with Crippen LogP contribution >= 0.6 is 0 Å². The maximum absolute atomic E-state index is 11.9. The maximum atomic E-state index is 11.9. The number of hydrogen-bond acceptors (Lipinski definition) is 5. The van der Waals surface area contributed by atoms with Crippen molar-refractivity contribution < 1.29 is 9.53 Å². The average molecular weight is 340 g/mol. The Labute approximate surface area is 147 Å². The van der Waals surface area contributed by atoms with Gasteiger partial charge < -0.3 is 4.74 Å². The van der Waals surface area contributed by atoms with Crippen LogP contribution < -0.4 is 0 Å². The molecule has 6 heteroatoms. The fraction of sp³-hybridized carbons (Fsp3) is 0.474. The quantitative estimate of drug-likeness (QED) is 0.846. The van der Waals surface area contributed by atoms with Gasteiger partial charge in [0.05, 0.1) is 23.9 Å². The smallest absolute Gasteiger partial charge is 0.309 e. The Morgan fingerprint density at radius 2 is 2.12 bits per heavy atom. The maximum Gasteiger partial charge on any atom is 0.309 e. The molecule has 3 rings (SSSR count). The Balaban J connectivity index is 1.75. The lowest BCUT2D eigenvalue weighted by Gasteiger charge is -2.20. The van der Waals surface area contributed by atoms with Gasteiger partial charge in [-0.05, 0) is 57.7 Å². The van der Waals surface area contributed by atoms with Gasteiger partial charge in [-0.1, -0.05) is 6.08 Å². The second-order valence-corrected chi connectivity index (χ2v) is 6.50. The van der Waals surface area contributed by atoms with Gasteiger partial charge in [0.15, 0.2) is 5.82 Å². The molecule has 0 radical (unpaired) electrons. The number of carbonyl (C=O) groups is 1. The van der Waals surface area contributed by atoms with Gasteiger partial charge in [0, 0.05) is 17.8 Å². The van der Waals surface area contributed by atoms with Crippen molar-refractivity contribution in [1.82, 2.24) is 20.2 Å². The summed E-state index contributed by atoms with van der Waals surface area (Å²) in [6.07, 6.45) is 5.05. The van der Waals surface area contributed by atoms with E-state index in [1.54, 1.807) is 0 Å². The van der Waals surface area contributed by atoms with Crippen LogP contribution in [0.25, 0.3) is 5.57 Å². The summed E-state index contributed by atoms with van der Waals surface area (Å²) in [5.41, 5.74) is 5.04. The standard InChI is InChI=1S/C19H24N4O2/c1-4-25-19(24)15-7-5-14(6-8-15)18-20-12(2)9-16(21-18)11-17-10-13(3)22-23-17/h5,9-10,15H,4,6-8,11H2,1-3H3,(H,22,23). The summed E-state index contributed by atoms with van der Waals surface area (Å²) in [5, 5.41) is 7.24. The molecule has 0 saturated heterocycles. The largest absolute Gasteiger partial charge is 0.466 e. The monoisotopic (exact) mass is 340 g/mol. The molecule has 0 aliphatic heterocycles. The van der Waals surface area contributed by atoms with Crippen LogP contribution in [0.15, 0.2) is 18.2 Å². The molecule has 1 unspecified atom stereocenters. The number of aromatic nitrogens is 4. The molecule has 0 spiro atoms. The third-order valence-electron chi connectivity index (χ3n) is 4.35. The Bertz CT molecular complexity index is 794. The van der Waals surface area contributed by atoms with E-state index < -0.39 is 0 Å². The van der Waals surface area contributed by atoms with Gasteiger partial charge in [-0.2, -0.15) is 5.10 Å². The molecule has 1 aliphatic carbocycles. The van der Waals surface area contributed by atoms with Crippen molar-refractivity contribution in [3.05, 3.63) is 46.8 Å². The molecule has 2 heterocycles. The third kappa shape index (κ3) is 4.32. The number of nitrogens with zero attached hydrogens (tertiary/aromatic N) is 3. The minimum atomic E-state index is -0.0995. The van der Waals surface area contributed by atoms with E-state index in [1.165, 1.54) is 0 Å². The summed E-state index contributed by atoms with van der Waals surface area (Å²) in [4.78, 5) is 21.2. The van der Waals surface area contributed by atoms with E-state index in [0.29, 0.717) is 19.4 Å². The van der Waals surface area contributed by atoms with Crippen molar-refractivity contribution in [2.75, 3.05) is 6.61 Å². The number of hydrogen-bond donors (Lipinski definition) is 1. The van der Waals surface area contributed by atoms with Crippen LogP contribution in [0.4, 0.5) is 0 Å². The molecule has 2 aromatic heterocycles. The number of aryl methyl sites for hydroxylation is 2. The third-order valence-corrected chi connectivity index (χ3v) is 4.35. The van der Waals surface area contributed by atoms with Crippen molar-refractivity contribution >= 4 is 11.5 Å². The number of allylic oxidation sites excluding steroid dienone is 2. The van der Waals surface area contributed by atoms with Crippen LogP contribution in [-0.4, -0.2) is 32.7 Å². The highest BCUT2D eigenvalue weighted by Gasteiger charge is 2.24. The highest BCUT2D eigenvalue weighted by molar-refractivity contribution is 5.74. The molecule has 1 aliphatic rings. The van der Waals surface area contributed by atoms with Crippen LogP contribution in [0.1, 0.15) is 54.8 Å². The summed E-state index contributed by atoms with van der Waals surface area (Å²) in [6, 6.07) is 4.03. The van der Waals surface area contributed by atoms with Gasteiger partial charge >= 0.3 is 5.97 Å². The summed E-state index contributed by atoms with van der Waals surface area (Å²) in [5.74, 6) is 0.627. The van der Waals surface area contributed by atoms with Gasteiger partial charge in [0.2, 0.25) is 0 Å². The zero-order valence-corrected chi connectivity index (χ0v) is 15.0. The molecule has 132 valence electrons. The highest BCUT2D eigenvalue weighted by atomic mass is 16.5. The van der Waals surface area contributed by atoms with Crippen LogP contribution in [0.3, 0.4) is 0 Å². The summed E-state index contributed by atoms with van der Waals surface area (Å²) in [6.45, 7) is 6.24. The molecule has 0 bridgehead atoms. The van der Waals surface area contributed by atoms with Gasteiger partial charge in [0.1, 0.15) is 0 Å². The van der Waals surface area contributed by atoms with E-state index in [-0.39, 0.29) is 11.9 Å².